The van der Waals surface area contributed by atoms with Crippen molar-refractivity contribution in [1.29, 1.82) is 0 Å². The number of thiophene rings is 2. The molecule has 0 atom stereocenters. The SMILES string of the molecule is C/C(=C\c1sc2scc(C)c2c1C)C(=O)O. The van der Waals surface area contributed by atoms with E-state index in [0.717, 1.165) is 4.88 Å². The second-order valence-corrected chi connectivity index (χ2v) is 6.00. The minimum absolute atomic E-state index is 0.384. The fraction of sp³-hybridized carbons (Fsp3) is 0.250. The normalized spacial score (nSPS) is 12.3. The van der Waals surface area contributed by atoms with Gasteiger partial charge >= 0.3 is 5.97 Å². The topological polar surface area (TPSA) is 37.3 Å². The molecular formula is C12H12O2S2. The van der Waals surface area contributed by atoms with Crippen molar-refractivity contribution < 1.29 is 9.90 Å². The highest BCUT2D eigenvalue weighted by Gasteiger charge is 2.11. The third-order valence-electron chi connectivity index (χ3n) is 2.57. The van der Waals surface area contributed by atoms with E-state index in [1.54, 1.807) is 35.7 Å². The monoisotopic (exact) mass is 252 g/mol. The first-order chi connectivity index (χ1) is 7.50. The predicted molar refractivity (Wildman–Crippen MR) is 70.5 cm³/mol. The number of hydrogen-bond acceptors (Lipinski definition) is 3. The summed E-state index contributed by atoms with van der Waals surface area (Å²) in [5.74, 6) is -0.854. The molecule has 0 radical (unpaired) electrons. The van der Waals surface area contributed by atoms with Crippen LogP contribution in [0.5, 0.6) is 0 Å². The molecule has 0 aliphatic carbocycles. The molecule has 84 valence electrons. The minimum Gasteiger partial charge on any atom is -0.478 e. The number of carboxylic acids is 1. The summed E-state index contributed by atoms with van der Waals surface area (Å²) >= 11 is 3.40. The maximum absolute atomic E-state index is 10.8. The van der Waals surface area contributed by atoms with Gasteiger partial charge in [-0.1, -0.05) is 0 Å². The molecule has 0 saturated carbocycles. The van der Waals surface area contributed by atoms with Gasteiger partial charge in [0.2, 0.25) is 0 Å². The van der Waals surface area contributed by atoms with Gasteiger partial charge in [0.1, 0.15) is 0 Å². The molecule has 2 aromatic rings. The first-order valence-corrected chi connectivity index (χ1v) is 6.59. The summed E-state index contributed by atoms with van der Waals surface area (Å²) in [6, 6.07) is 0. The van der Waals surface area contributed by atoms with Crippen LogP contribution in [0.3, 0.4) is 0 Å². The Morgan fingerprint density at radius 1 is 1.44 bits per heavy atom. The van der Waals surface area contributed by atoms with Gasteiger partial charge in [0.15, 0.2) is 0 Å². The Bertz CT molecular complexity index is 587. The molecule has 2 rings (SSSR count). The van der Waals surface area contributed by atoms with Crippen LogP contribution in [0, 0.1) is 13.8 Å². The molecule has 0 aliphatic rings. The first kappa shape index (κ1) is 11.4. The highest BCUT2D eigenvalue weighted by Crippen LogP contribution is 2.38. The molecule has 2 nitrogen and oxygen atoms in total. The van der Waals surface area contributed by atoms with E-state index in [4.69, 9.17) is 5.11 Å². The smallest absolute Gasteiger partial charge is 0.331 e. The van der Waals surface area contributed by atoms with E-state index in [1.165, 1.54) is 20.5 Å². The lowest BCUT2D eigenvalue weighted by atomic mass is 10.1. The van der Waals surface area contributed by atoms with E-state index in [-0.39, 0.29) is 0 Å². The first-order valence-electron chi connectivity index (χ1n) is 4.89. The van der Waals surface area contributed by atoms with Crippen LogP contribution < -0.4 is 0 Å². The van der Waals surface area contributed by atoms with Crippen LogP contribution in [0.25, 0.3) is 15.5 Å². The minimum atomic E-state index is -0.854. The lowest BCUT2D eigenvalue weighted by molar-refractivity contribution is -0.132. The molecule has 1 N–H and O–H groups in total. The Morgan fingerprint density at radius 2 is 2.12 bits per heavy atom. The number of aryl methyl sites for hydroxylation is 2. The summed E-state index contributed by atoms with van der Waals surface area (Å²) < 4.78 is 1.28. The van der Waals surface area contributed by atoms with Crippen molar-refractivity contribution in [3.63, 3.8) is 0 Å². The van der Waals surface area contributed by atoms with Crippen molar-refractivity contribution in [3.05, 3.63) is 27.0 Å². The molecule has 0 fully saturated rings. The molecule has 0 aromatic carbocycles. The van der Waals surface area contributed by atoms with Gasteiger partial charge in [0.05, 0.1) is 4.01 Å². The zero-order valence-corrected chi connectivity index (χ0v) is 11.0. The molecule has 16 heavy (non-hydrogen) atoms. The second-order valence-electron chi connectivity index (χ2n) is 3.80. The van der Waals surface area contributed by atoms with Gasteiger partial charge in [0, 0.05) is 15.8 Å². The maximum Gasteiger partial charge on any atom is 0.331 e. The molecule has 0 aliphatic heterocycles. The largest absolute Gasteiger partial charge is 0.478 e. The average Bonchev–Trinajstić information content (AvgIpc) is 2.70. The molecule has 0 spiro atoms. The van der Waals surface area contributed by atoms with E-state index in [9.17, 15) is 4.79 Å². The second kappa shape index (κ2) is 4.03. The van der Waals surface area contributed by atoms with Crippen LogP contribution in [0.2, 0.25) is 0 Å². The van der Waals surface area contributed by atoms with Crippen LogP contribution in [0.4, 0.5) is 0 Å². The molecule has 0 unspecified atom stereocenters. The molecule has 4 heteroatoms. The van der Waals surface area contributed by atoms with Gasteiger partial charge < -0.3 is 5.11 Å². The van der Waals surface area contributed by atoms with E-state index >= 15 is 0 Å². The molecular weight excluding hydrogens is 240 g/mol. The summed E-state index contributed by atoms with van der Waals surface area (Å²) in [6.07, 6.45) is 1.76. The number of carbonyl (C=O) groups is 1. The number of rotatable bonds is 2. The summed E-state index contributed by atoms with van der Waals surface area (Å²) in [5, 5.41) is 12.3. The lowest BCUT2D eigenvalue weighted by Gasteiger charge is -1.94. The zero-order valence-electron chi connectivity index (χ0n) is 9.33. The Morgan fingerprint density at radius 3 is 2.69 bits per heavy atom. The van der Waals surface area contributed by atoms with Crippen LogP contribution in [0.15, 0.2) is 11.0 Å². The van der Waals surface area contributed by atoms with Gasteiger partial charge in [-0.3, -0.25) is 0 Å². The van der Waals surface area contributed by atoms with Gasteiger partial charge in [-0.15, -0.1) is 22.7 Å². The Balaban J connectivity index is 2.58. The van der Waals surface area contributed by atoms with Gasteiger partial charge in [-0.05, 0) is 43.4 Å². The van der Waals surface area contributed by atoms with Crippen molar-refractivity contribution >= 4 is 44.1 Å². The van der Waals surface area contributed by atoms with Crippen LogP contribution in [-0.4, -0.2) is 11.1 Å². The van der Waals surface area contributed by atoms with Gasteiger partial charge in [0.25, 0.3) is 0 Å². The summed E-state index contributed by atoms with van der Waals surface area (Å²) in [4.78, 5) is 11.8. The number of fused-ring (bicyclic) bond motifs is 1. The van der Waals surface area contributed by atoms with Crippen LogP contribution in [-0.2, 0) is 4.79 Å². The van der Waals surface area contributed by atoms with Crippen LogP contribution >= 0.6 is 22.7 Å². The Hall–Kier alpha value is -1.13. The van der Waals surface area contributed by atoms with E-state index < -0.39 is 5.97 Å². The summed E-state index contributed by atoms with van der Waals surface area (Å²) in [5.41, 5.74) is 2.86. The standard InChI is InChI=1S/C12H12O2S2/c1-6(11(13)14)4-9-8(3)10-7(2)5-15-12(10)16-9/h4-5H,1-3H3,(H,13,14)/b6-4+. The fourth-order valence-electron chi connectivity index (χ4n) is 1.64. The molecule has 0 amide bonds. The fourth-order valence-corrected chi connectivity index (χ4v) is 4.19. The number of aliphatic carboxylic acids is 1. The molecule has 2 aromatic heterocycles. The summed E-state index contributed by atoms with van der Waals surface area (Å²) in [7, 11) is 0. The van der Waals surface area contributed by atoms with Gasteiger partial charge in [-0.25, -0.2) is 4.79 Å². The lowest BCUT2D eigenvalue weighted by Crippen LogP contribution is -1.95. The van der Waals surface area contributed by atoms with E-state index in [2.05, 4.69) is 19.2 Å². The highest BCUT2D eigenvalue weighted by atomic mass is 32.2. The van der Waals surface area contributed by atoms with Crippen molar-refractivity contribution in [3.8, 4) is 0 Å². The van der Waals surface area contributed by atoms with Gasteiger partial charge in [-0.2, -0.15) is 0 Å². The molecule has 2 heterocycles. The quantitative estimate of drug-likeness (QED) is 0.818. The Kier molecular flexibility index (Phi) is 2.86. The third kappa shape index (κ3) is 1.79. The zero-order chi connectivity index (χ0) is 11.9. The van der Waals surface area contributed by atoms with Crippen molar-refractivity contribution in [2.45, 2.75) is 20.8 Å². The van der Waals surface area contributed by atoms with Crippen LogP contribution in [0.1, 0.15) is 22.9 Å². The van der Waals surface area contributed by atoms with E-state index in [0.29, 0.717) is 5.57 Å². The summed E-state index contributed by atoms with van der Waals surface area (Å²) in [6.45, 7) is 5.78. The number of carboxylic acid groups (broad SMARTS) is 1. The van der Waals surface area contributed by atoms with E-state index in [1.807, 2.05) is 0 Å². The van der Waals surface area contributed by atoms with Crippen molar-refractivity contribution in [1.82, 2.24) is 0 Å². The average molecular weight is 252 g/mol. The predicted octanol–water partition coefficient (Wildman–Crippen LogP) is 4.07. The molecule has 0 saturated heterocycles. The third-order valence-corrected chi connectivity index (χ3v) is 5.04. The maximum atomic E-state index is 10.8. The molecule has 0 bridgehead atoms. The Labute approximate surface area is 102 Å². The van der Waals surface area contributed by atoms with Crippen molar-refractivity contribution in [2.24, 2.45) is 0 Å². The van der Waals surface area contributed by atoms with Crippen molar-refractivity contribution in [2.75, 3.05) is 0 Å². The highest BCUT2D eigenvalue weighted by molar-refractivity contribution is 7.38. The number of hydrogen-bond donors (Lipinski definition) is 1.